The highest BCUT2D eigenvalue weighted by Gasteiger charge is 2.26. The molecule has 3 rings (SSSR count). The average Bonchev–Trinajstić information content (AvgIpc) is 2.94. The third-order valence-corrected chi connectivity index (χ3v) is 5.73. The molecule has 2 heterocycles. The molecule has 1 aromatic carbocycles. The number of primary amides is 1. The minimum absolute atomic E-state index is 0.0735. The van der Waals surface area contributed by atoms with Crippen LogP contribution in [0.15, 0.2) is 39.1 Å². The Morgan fingerprint density at radius 2 is 2.17 bits per heavy atom. The SMILES string of the molecule is COc1ccc(-n2c(SCC(N)=O)nc3c(c2=O)SC(C)C3)cc1. The lowest BCUT2D eigenvalue weighted by Gasteiger charge is -2.13. The van der Waals surface area contributed by atoms with Crippen LogP contribution in [0.5, 0.6) is 5.75 Å². The largest absolute Gasteiger partial charge is 0.497 e. The van der Waals surface area contributed by atoms with Crippen molar-refractivity contribution in [2.75, 3.05) is 12.9 Å². The maximum absolute atomic E-state index is 13.0. The van der Waals surface area contributed by atoms with Crippen LogP contribution in [0.25, 0.3) is 5.69 Å². The Hall–Kier alpha value is -1.93. The van der Waals surface area contributed by atoms with E-state index in [9.17, 15) is 9.59 Å². The van der Waals surface area contributed by atoms with Gasteiger partial charge in [-0.2, -0.15) is 0 Å². The van der Waals surface area contributed by atoms with E-state index >= 15 is 0 Å². The summed E-state index contributed by atoms with van der Waals surface area (Å²) in [6, 6.07) is 7.16. The van der Waals surface area contributed by atoms with Gasteiger partial charge in [-0.05, 0) is 24.3 Å². The molecule has 0 spiro atoms. The van der Waals surface area contributed by atoms with Crippen LogP contribution in [-0.2, 0) is 11.2 Å². The van der Waals surface area contributed by atoms with E-state index in [1.54, 1.807) is 43.1 Å². The summed E-state index contributed by atoms with van der Waals surface area (Å²) < 4.78 is 6.70. The summed E-state index contributed by atoms with van der Waals surface area (Å²) in [5.74, 6) is 0.332. The predicted molar refractivity (Wildman–Crippen MR) is 95.3 cm³/mol. The van der Waals surface area contributed by atoms with Gasteiger partial charge in [0.15, 0.2) is 5.16 Å². The first-order chi connectivity index (χ1) is 11.5. The Bertz CT molecular complexity index is 834. The minimum Gasteiger partial charge on any atom is -0.497 e. The Morgan fingerprint density at radius 1 is 1.46 bits per heavy atom. The number of ether oxygens (including phenoxy) is 1. The van der Waals surface area contributed by atoms with Gasteiger partial charge in [-0.25, -0.2) is 4.98 Å². The molecule has 0 bridgehead atoms. The van der Waals surface area contributed by atoms with Crippen molar-refractivity contribution in [1.82, 2.24) is 9.55 Å². The number of nitrogens with zero attached hydrogens (tertiary/aromatic N) is 2. The number of carbonyl (C=O) groups is 1. The predicted octanol–water partition coefficient (Wildman–Crippen LogP) is 1.86. The summed E-state index contributed by atoms with van der Waals surface area (Å²) in [6.45, 7) is 2.07. The maximum atomic E-state index is 13.0. The van der Waals surface area contributed by atoms with Crippen LogP contribution in [0.3, 0.4) is 0 Å². The molecule has 0 saturated heterocycles. The molecular weight excluding hydrogens is 346 g/mol. The number of hydrogen-bond donors (Lipinski definition) is 1. The number of aromatic nitrogens is 2. The Labute approximate surface area is 147 Å². The fourth-order valence-electron chi connectivity index (χ4n) is 2.49. The summed E-state index contributed by atoms with van der Waals surface area (Å²) in [5.41, 5.74) is 6.62. The molecule has 1 aromatic heterocycles. The zero-order valence-corrected chi connectivity index (χ0v) is 14.9. The lowest BCUT2D eigenvalue weighted by atomic mass is 10.2. The number of thioether (sulfide) groups is 2. The number of methoxy groups -OCH3 is 1. The molecule has 0 aliphatic carbocycles. The van der Waals surface area contributed by atoms with Crippen LogP contribution in [0, 0.1) is 0 Å². The van der Waals surface area contributed by atoms with Gasteiger partial charge in [0.05, 0.1) is 29.1 Å². The smallest absolute Gasteiger partial charge is 0.272 e. The third-order valence-electron chi connectivity index (χ3n) is 3.56. The highest BCUT2D eigenvalue weighted by Crippen LogP contribution is 2.34. The molecule has 0 radical (unpaired) electrons. The molecule has 1 atom stereocenters. The van der Waals surface area contributed by atoms with Crippen molar-refractivity contribution in [3.05, 3.63) is 40.3 Å². The highest BCUT2D eigenvalue weighted by atomic mass is 32.2. The normalized spacial score (nSPS) is 16.0. The number of hydrogen-bond acceptors (Lipinski definition) is 6. The van der Waals surface area contributed by atoms with Crippen molar-refractivity contribution in [2.45, 2.75) is 28.6 Å². The molecule has 1 unspecified atom stereocenters. The van der Waals surface area contributed by atoms with E-state index in [0.29, 0.717) is 26.7 Å². The van der Waals surface area contributed by atoms with Gasteiger partial charge >= 0.3 is 0 Å². The summed E-state index contributed by atoms with van der Waals surface area (Å²) in [6.07, 6.45) is 0.753. The molecule has 2 aromatic rings. The van der Waals surface area contributed by atoms with Crippen molar-refractivity contribution < 1.29 is 9.53 Å². The lowest BCUT2D eigenvalue weighted by molar-refractivity contribution is -0.115. The van der Waals surface area contributed by atoms with Gasteiger partial charge in [0.2, 0.25) is 5.91 Å². The van der Waals surface area contributed by atoms with Gasteiger partial charge in [0.25, 0.3) is 5.56 Å². The Kier molecular flexibility index (Phi) is 4.86. The number of fused-ring (bicyclic) bond motifs is 1. The molecule has 126 valence electrons. The second-order valence-corrected chi connectivity index (χ2v) is 7.79. The van der Waals surface area contributed by atoms with Crippen molar-refractivity contribution in [2.24, 2.45) is 5.73 Å². The van der Waals surface area contributed by atoms with Crippen molar-refractivity contribution in [3.8, 4) is 11.4 Å². The summed E-state index contributed by atoms with van der Waals surface area (Å²) in [7, 11) is 1.59. The molecule has 1 aliphatic rings. The minimum atomic E-state index is -0.446. The van der Waals surface area contributed by atoms with Crippen LogP contribution in [0.2, 0.25) is 0 Å². The average molecular weight is 363 g/mol. The van der Waals surface area contributed by atoms with Crippen molar-refractivity contribution in [3.63, 3.8) is 0 Å². The van der Waals surface area contributed by atoms with E-state index in [0.717, 1.165) is 12.1 Å². The van der Waals surface area contributed by atoms with Crippen LogP contribution in [-0.4, -0.2) is 33.6 Å². The number of rotatable bonds is 5. The second-order valence-electron chi connectivity index (χ2n) is 5.40. The van der Waals surface area contributed by atoms with Crippen LogP contribution in [0.4, 0.5) is 0 Å². The standard InChI is InChI=1S/C16H17N3O3S2/c1-9-7-12-14(24-9)15(21)19(16(18-12)23-8-13(17)20)10-3-5-11(22-2)6-4-10/h3-6,9H,7-8H2,1-2H3,(H2,17,20). The van der Waals surface area contributed by atoms with Crippen LogP contribution < -0.4 is 16.0 Å². The molecule has 0 saturated carbocycles. The molecule has 24 heavy (non-hydrogen) atoms. The van der Waals surface area contributed by atoms with E-state index in [-0.39, 0.29) is 11.3 Å². The first kappa shape index (κ1) is 16.9. The summed E-state index contributed by atoms with van der Waals surface area (Å²) in [4.78, 5) is 29.4. The van der Waals surface area contributed by atoms with Crippen molar-refractivity contribution in [1.29, 1.82) is 0 Å². The van der Waals surface area contributed by atoms with Gasteiger partial charge < -0.3 is 10.5 Å². The number of benzene rings is 1. The van der Waals surface area contributed by atoms with Gasteiger partial charge in [-0.15, -0.1) is 11.8 Å². The number of amides is 1. The van der Waals surface area contributed by atoms with Gasteiger partial charge in [0, 0.05) is 11.7 Å². The van der Waals surface area contributed by atoms with Crippen molar-refractivity contribution >= 4 is 29.4 Å². The monoisotopic (exact) mass is 363 g/mol. The zero-order chi connectivity index (χ0) is 17.3. The fraction of sp³-hybridized carbons (Fsp3) is 0.312. The molecule has 1 amide bonds. The highest BCUT2D eigenvalue weighted by molar-refractivity contribution is 8.00. The summed E-state index contributed by atoms with van der Waals surface area (Å²) in [5, 5.41) is 0.804. The molecular formula is C16H17N3O3S2. The molecule has 1 aliphatic heterocycles. The van der Waals surface area contributed by atoms with E-state index in [2.05, 4.69) is 11.9 Å². The molecule has 6 nitrogen and oxygen atoms in total. The fourth-order valence-corrected chi connectivity index (χ4v) is 4.36. The topological polar surface area (TPSA) is 87.2 Å². The van der Waals surface area contributed by atoms with E-state index in [1.807, 2.05) is 0 Å². The van der Waals surface area contributed by atoms with Gasteiger partial charge in [-0.3, -0.25) is 14.2 Å². The molecule has 8 heteroatoms. The summed E-state index contributed by atoms with van der Waals surface area (Å²) >= 11 is 2.72. The lowest BCUT2D eigenvalue weighted by Crippen LogP contribution is -2.24. The first-order valence-electron chi connectivity index (χ1n) is 7.37. The Balaban J connectivity index is 2.12. The second kappa shape index (κ2) is 6.90. The van der Waals surface area contributed by atoms with Crippen LogP contribution >= 0.6 is 23.5 Å². The number of carbonyl (C=O) groups excluding carboxylic acids is 1. The molecule has 2 N–H and O–H groups in total. The van der Waals surface area contributed by atoms with E-state index < -0.39 is 5.91 Å². The van der Waals surface area contributed by atoms with E-state index in [1.165, 1.54) is 16.3 Å². The molecule has 0 fully saturated rings. The quantitative estimate of drug-likeness (QED) is 0.644. The van der Waals surface area contributed by atoms with Gasteiger partial charge in [0.1, 0.15) is 5.75 Å². The van der Waals surface area contributed by atoms with Crippen LogP contribution in [0.1, 0.15) is 12.6 Å². The zero-order valence-electron chi connectivity index (χ0n) is 13.3. The number of nitrogens with two attached hydrogens (primary N) is 1. The van der Waals surface area contributed by atoms with Gasteiger partial charge in [-0.1, -0.05) is 18.7 Å². The third kappa shape index (κ3) is 3.29. The van der Waals surface area contributed by atoms with E-state index in [4.69, 9.17) is 10.5 Å². The maximum Gasteiger partial charge on any atom is 0.272 e. The Morgan fingerprint density at radius 3 is 2.79 bits per heavy atom. The first-order valence-corrected chi connectivity index (χ1v) is 9.24.